The molecule has 0 aliphatic rings. The number of hydrogen-bond acceptors (Lipinski definition) is 9. The van der Waals surface area contributed by atoms with Crippen LogP contribution < -0.4 is 19.5 Å². The lowest BCUT2D eigenvalue weighted by Crippen LogP contribution is -2.10. The van der Waals surface area contributed by atoms with Gasteiger partial charge in [-0.15, -0.1) is 5.10 Å². The van der Waals surface area contributed by atoms with E-state index in [-0.39, 0.29) is 0 Å². The average molecular weight is 566 g/mol. The van der Waals surface area contributed by atoms with E-state index in [2.05, 4.69) is 27.4 Å². The quantitative estimate of drug-likeness (QED) is 0.221. The van der Waals surface area contributed by atoms with E-state index in [9.17, 15) is 0 Å². The number of pyridine rings is 1. The molecule has 0 fully saturated rings. The Balaban J connectivity index is 1.44. The molecule has 0 atom stereocenters. The van der Waals surface area contributed by atoms with Gasteiger partial charge in [0, 0.05) is 36.6 Å². The first-order chi connectivity index (χ1) is 20.4. The van der Waals surface area contributed by atoms with E-state index >= 15 is 0 Å². The largest absolute Gasteiger partial charge is 0.497 e. The summed E-state index contributed by atoms with van der Waals surface area (Å²) < 4.78 is 18.0. The van der Waals surface area contributed by atoms with Gasteiger partial charge in [-0.25, -0.2) is 9.97 Å². The number of methoxy groups -OCH3 is 3. The fraction of sp³-hybridized carbons (Fsp3) is 0.281. The van der Waals surface area contributed by atoms with E-state index in [0.29, 0.717) is 42.1 Å². The summed E-state index contributed by atoms with van der Waals surface area (Å²) in [5, 5.41) is 8.18. The highest BCUT2D eigenvalue weighted by atomic mass is 16.5. The maximum Gasteiger partial charge on any atom is 0.243 e. The van der Waals surface area contributed by atoms with Crippen molar-refractivity contribution in [2.75, 3.05) is 26.6 Å². The van der Waals surface area contributed by atoms with Crippen molar-refractivity contribution in [3.63, 3.8) is 0 Å². The Labute approximate surface area is 245 Å². The van der Waals surface area contributed by atoms with Crippen molar-refractivity contribution in [2.45, 2.75) is 39.7 Å². The topological polar surface area (TPSA) is 109 Å². The van der Waals surface area contributed by atoms with Gasteiger partial charge in [0.1, 0.15) is 17.4 Å². The fourth-order valence-electron chi connectivity index (χ4n) is 4.57. The molecule has 1 N–H and O–H groups in total. The van der Waals surface area contributed by atoms with Crippen molar-refractivity contribution < 1.29 is 14.2 Å². The molecular weight excluding hydrogens is 530 g/mol. The average Bonchev–Trinajstić information content (AvgIpc) is 3.42. The second-order valence-corrected chi connectivity index (χ2v) is 9.92. The molecule has 0 aliphatic heterocycles. The van der Waals surface area contributed by atoms with E-state index < -0.39 is 0 Å². The van der Waals surface area contributed by atoms with E-state index in [1.54, 1.807) is 26.0 Å². The molecule has 0 amide bonds. The van der Waals surface area contributed by atoms with Gasteiger partial charge in [-0.2, -0.15) is 9.67 Å². The summed E-state index contributed by atoms with van der Waals surface area (Å²) >= 11 is 0. The zero-order valence-electron chi connectivity index (χ0n) is 24.6. The zero-order valence-corrected chi connectivity index (χ0v) is 24.6. The summed E-state index contributed by atoms with van der Waals surface area (Å²) in [5.74, 6) is 4.69. The maximum absolute atomic E-state index is 5.53. The number of hydrogen-bond donors (Lipinski definition) is 1. The van der Waals surface area contributed by atoms with Gasteiger partial charge in [-0.05, 0) is 73.7 Å². The number of anilines is 1. The van der Waals surface area contributed by atoms with Crippen LogP contribution in [0.4, 0.5) is 5.95 Å². The molecule has 5 aromatic rings. The lowest BCUT2D eigenvalue weighted by atomic mass is 10.1. The Morgan fingerprint density at radius 2 is 1.50 bits per heavy atom. The number of rotatable bonds is 12. The number of aromatic nitrogens is 6. The van der Waals surface area contributed by atoms with Crippen LogP contribution in [0.1, 0.15) is 39.7 Å². The minimum atomic E-state index is 0.503. The van der Waals surface area contributed by atoms with E-state index in [4.69, 9.17) is 29.3 Å². The summed E-state index contributed by atoms with van der Waals surface area (Å²) in [4.78, 5) is 18.8. The van der Waals surface area contributed by atoms with Crippen LogP contribution in [-0.2, 0) is 25.8 Å². The molecule has 0 saturated heterocycles. The summed E-state index contributed by atoms with van der Waals surface area (Å²) in [6.07, 6.45) is 3.90. The molecule has 42 heavy (non-hydrogen) atoms. The Morgan fingerprint density at radius 3 is 2.21 bits per heavy atom. The highest BCUT2D eigenvalue weighted by Crippen LogP contribution is 2.29. The van der Waals surface area contributed by atoms with E-state index in [0.717, 1.165) is 52.5 Å². The van der Waals surface area contributed by atoms with E-state index in [1.807, 2.05) is 68.6 Å². The molecule has 0 bridgehead atoms. The third-order valence-electron chi connectivity index (χ3n) is 6.80. The van der Waals surface area contributed by atoms with Gasteiger partial charge in [0.2, 0.25) is 5.95 Å². The normalized spacial score (nSPS) is 10.9. The minimum Gasteiger partial charge on any atom is -0.497 e. The molecule has 0 aliphatic carbocycles. The molecule has 2 aromatic carbocycles. The van der Waals surface area contributed by atoms with Crippen molar-refractivity contribution in [1.29, 1.82) is 0 Å². The molecule has 216 valence electrons. The molecule has 10 heteroatoms. The Hall–Kier alpha value is -4.99. The number of benzene rings is 2. The van der Waals surface area contributed by atoms with Crippen LogP contribution >= 0.6 is 0 Å². The van der Waals surface area contributed by atoms with Crippen molar-refractivity contribution >= 4 is 5.95 Å². The van der Waals surface area contributed by atoms with Crippen molar-refractivity contribution in [3.05, 3.63) is 107 Å². The van der Waals surface area contributed by atoms with Gasteiger partial charge in [0.15, 0.2) is 17.3 Å². The lowest BCUT2D eigenvalue weighted by Gasteiger charge is -2.11. The summed E-state index contributed by atoms with van der Waals surface area (Å²) in [6.45, 7) is 4.49. The van der Waals surface area contributed by atoms with E-state index in [1.165, 1.54) is 0 Å². The smallest absolute Gasteiger partial charge is 0.243 e. The van der Waals surface area contributed by atoms with Crippen molar-refractivity contribution in [3.8, 4) is 23.1 Å². The standard InChI is InChI=1S/C32H35N7O3/c1-21-6-10-25(33-19-21)11-12-26-18-31(36-22(2)35-26)39-30(17-24-9-15-28(41-4)29(16-24)42-5)37-32(38-39)34-20-23-7-13-27(40-3)14-8-23/h6-10,13-16,18-19H,11-12,17,20H2,1-5H3,(H,34,38). The summed E-state index contributed by atoms with van der Waals surface area (Å²) in [6, 6.07) is 19.8. The van der Waals surface area contributed by atoms with Crippen LogP contribution in [0.25, 0.3) is 5.82 Å². The third kappa shape index (κ3) is 7.01. The second kappa shape index (κ2) is 13.1. The number of aryl methyl sites for hydroxylation is 4. The van der Waals surface area contributed by atoms with Crippen LogP contribution in [0, 0.1) is 13.8 Å². The molecule has 5 rings (SSSR count). The Kier molecular flexibility index (Phi) is 8.91. The lowest BCUT2D eigenvalue weighted by molar-refractivity contribution is 0.354. The second-order valence-electron chi connectivity index (χ2n) is 9.92. The van der Waals surface area contributed by atoms with Crippen LogP contribution in [0.2, 0.25) is 0 Å². The molecule has 3 heterocycles. The Bertz CT molecular complexity index is 1630. The number of ether oxygens (including phenoxy) is 3. The van der Waals surface area contributed by atoms with Gasteiger partial charge in [0.05, 0.1) is 21.3 Å². The van der Waals surface area contributed by atoms with Gasteiger partial charge in [-0.3, -0.25) is 4.98 Å². The van der Waals surface area contributed by atoms with Crippen molar-refractivity contribution in [1.82, 2.24) is 29.7 Å². The monoisotopic (exact) mass is 565 g/mol. The molecule has 0 saturated carbocycles. The predicted molar refractivity (Wildman–Crippen MR) is 161 cm³/mol. The third-order valence-corrected chi connectivity index (χ3v) is 6.80. The van der Waals surface area contributed by atoms with Gasteiger partial charge in [0.25, 0.3) is 0 Å². The predicted octanol–water partition coefficient (Wildman–Crippen LogP) is 5.08. The van der Waals surface area contributed by atoms with Crippen LogP contribution in [-0.4, -0.2) is 51.0 Å². The first-order valence-electron chi connectivity index (χ1n) is 13.7. The molecule has 10 nitrogen and oxygen atoms in total. The van der Waals surface area contributed by atoms with Gasteiger partial charge < -0.3 is 19.5 Å². The number of nitrogens with zero attached hydrogens (tertiary/aromatic N) is 6. The molecule has 0 unspecified atom stereocenters. The fourth-order valence-corrected chi connectivity index (χ4v) is 4.57. The molecular formula is C32H35N7O3. The summed E-state index contributed by atoms with van der Waals surface area (Å²) in [7, 11) is 4.91. The first-order valence-corrected chi connectivity index (χ1v) is 13.7. The van der Waals surface area contributed by atoms with Gasteiger partial charge >= 0.3 is 0 Å². The van der Waals surface area contributed by atoms with Gasteiger partial charge in [-0.1, -0.05) is 24.3 Å². The SMILES string of the molecule is COc1ccc(CNc2nc(Cc3ccc(OC)c(OC)c3)n(-c3cc(CCc4ccc(C)cn4)nc(C)n3)n2)cc1. The van der Waals surface area contributed by atoms with Crippen molar-refractivity contribution in [2.24, 2.45) is 0 Å². The minimum absolute atomic E-state index is 0.503. The maximum atomic E-state index is 5.53. The van der Waals surface area contributed by atoms with Crippen LogP contribution in [0.3, 0.4) is 0 Å². The first kappa shape index (κ1) is 28.5. The summed E-state index contributed by atoms with van der Waals surface area (Å²) in [5.41, 5.74) is 5.17. The number of nitrogens with one attached hydrogen (secondary N) is 1. The van der Waals surface area contributed by atoms with Crippen LogP contribution in [0.5, 0.6) is 17.2 Å². The molecule has 3 aromatic heterocycles. The highest BCUT2D eigenvalue weighted by molar-refractivity contribution is 5.44. The zero-order chi connectivity index (χ0) is 29.5. The molecule has 0 spiro atoms. The van der Waals surface area contributed by atoms with Crippen LogP contribution in [0.15, 0.2) is 66.9 Å². The molecule has 0 radical (unpaired) electrons. The highest BCUT2D eigenvalue weighted by Gasteiger charge is 2.16. The Morgan fingerprint density at radius 1 is 0.738 bits per heavy atom.